The zero-order valence-corrected chi connectivity index (χ0v) is 10.5. The van der Waals surface area contributed by atoms with Gasteiger partial charge in [-0.2, -0.15) is 0 Å². The molecule has 0 radical (unpaired) electrons. The highest BCUT2D eigenvalue weighted by atomic mass is 32.1. The van der Waals surface area contributed by atoms with Gasteiger partial charge in [0.1, 0.15) is 5.01 Å². The molecule has 2 rings (SSSR count). The molecule has 1 aromatic heterocycles. The molecule has 3 nitrogen and oxygen atoms in total. The van der Waals surface area contributed by atoms with Gasteiger partial charge in [0.25, 0.3) is 0 Å². The van der Waals surface area contributed by atoms with Crippen LogP contribution < -0.4 is 5.32 Å². The Morgan fingerprint density at radius 2 is 2.13 bits per heavy atom. The summed E-state index contributed by atoms with van der Waals surface area (Å²) in [6.45, 7) is 6.73. The van der Waals surface area contributed by atoms with E-state index in [-0.39, 0.29) is 0 Å². The van der Waals surface area contributed by atoms with Crippen LogP contribution in [0.15, 0.2) is 0 Å². The normalized spacial score (nSPS) is 25.3. The van der Waals surface area contributed by atoms with E-state index < -0.39 is 0 Å². The summed E-state index contributed by atoms with van der Waals surface area (Å²) < 4.78 is 0. The van der Waals surface area contributed by atoms with Gasteiger partial charge in [-0.15, -0.1) is 10.2 Å². The third-order valence-corrected chi connectivity index (χ3v) is 4.21. The predicted molar refractivity (Wildman–Crippen MR) is 64.3 cm³/mol. The van der Waals surface area contributed by atoms with E-state index in [4.69, 9.17) is 0 Å². The summed E-state index contributed by atoms with van der Waals surface area (Å²) in [6, 6.07) is 0.634. The highest BCUT2D eigenvalue weighted by Crippen LogP contribution is 2.35. The van der Waals surface area contributed by atoms with Gasteiger partial charge in [0.05, 0.1) is 0 Å². The first-order valence-electron chi connectivity index (χ1n) is 5.78. The van der Waals surface area contributed by atoms with Crippen LogP contribution in [-0.2, 0) is 6.42 Å². The molecule has 0 bridgehead atoms. The highest BCUT2D eigenvalue weighted by Gasteiger charge is 2.31. The van der Waals surface area contributed by atoms with Crippen molar-refractivity contribution >= 4 is 16.5 Å². The van der Waals surface area contributed by atoms with Crippen molar-refractivity contribution in [3.8, 4) is 0 Å². The number of aryl methyl sites for hydroxylation is 1. The first-order valence-corrected chi connectivity index (χ1v) is 6.59. The standard InChI is InChI=1S/C11H19N3S/c1-4-10-13-14-11(15-10)12-9-5-8(6-9)7(2)3/h7-9H,4-6H2,1-3H3,(H,12,14). The van der Waals surface area contributed by atoms with Crippen molar-refractivity contribution in [2.75, 3.05) is 5.32 Å². The molecule has 84 valence electrons. The second-order valence-electron chi connectivity index (χ2n) is 4.67. The Bertz CT molecular complexity index is 315. The quantitative estimate of drug-likeness (QED) is 0.856. The summed E-state index contributed by atoms with van der Waals surface area (Å²) in [5, 5.41) is 13.8. The van der Waals surface area contributed by atoms with E-state index in [0.29, 0.717) is 6.04 Å². The Hall–Kier alpha value is -0.640. The fourth-order valence-corrected chi connectivity index (χ4v) is 2.71. The third kappa shape index (κ3) is 2.48. The maximum Gasteiger partial charge on any atom is 0.205 e. The van der Waals surface area contributed by atoms with Crippen LogP contribution in [0.1, 0.15) is 38.6 Å². The Morgan fingerprint density at radius 3 is 2.67 bits per heavy atom. The highest BCUT2D eigenvalue weighted by molar-refractivity contribution is 7.15. The second-order valence-corrected chi connectivity index (χ2v) is 5.73. The van der Waals surface area contributed by atoms with E-state index in [1.807, 2.05) is 0 Å². The van der Waals surface area contributed by atoms with Crippen LogP contribution in [0.5, 0.6) is 0 Å². The molecule has 1 N–H and O–H groups in total. The summed E-state index contributed by atoms with van der Waals surface area (Å²) in [5.41, 5.74) is 0. The lowest BCUT2D eigenvalue weighted by molar-refractivity contribution is 0.211. The zero-order valence-electron chi connectivity index (χ0n) is 9.66. The molecule has 0 spiro atoms. The van der Waals surface area contributed by atoms with E-state index in [0.717, 1.165) is 28.4 Å². The van der Waals surface area contributed by atoms with E-state index >= 15 is 0 Å². The topological polar surface area (TPSA) is 37.8 Å². The molecule has 0 unspecified atom stereocenters. The first-order chi connectivity index (χ1) is 7.19. The number of hydrogen-bond acceptors (Lipinski definition) is 4. The summed E-state index contributed by atoms with van der Waals surface area (Å²) >= 11 is 1.69. The average molecular weight is 225 g/mol. The number of nitrogens with zero attached hydrogens (tertiary/aromatic N) is 2. The summed E-state index contributed by atoms with van der Waals surface area (Å²) in [7, 11) is 0. The van der Waals surface area contributed by atoms with Gasteiger partial charge in [0.2, 0.25) is 5.13 Å². The van der Waals surface area contributed by atoms with E-state index in [1.165, 1.54) is 12.8 Å². The number of hydrogen-bond donors (Lipinski definition) is 1. The largest absolute Gasteiger partial charge is 0.357 e. The van der Waals surface area contributed by atoms with E-state index in [1.54, 1.807) is 11.3 Å². The van der Waals surface area contributed by atoms with Crippen LogP contribution in [-0.4, -0.2) is 16.2 Å². The number of nitrogens with one attached hydrogen (secondary N) is 1. The van der Waals surface area contributed by atoms with Crippen LogP contribution in [0.4, 0.5) is 5.13 Å². The summed E-state index contributed by atoms with van der Waals surface area (Å²) in [4.78, 5) is 0. The van der Waals surface area contributed by atoms with Gasteiger partial charge in [-0.25, -0.2) is 0 Å². The third-order valence-electron chi connectivity index (χ3n) is 3.21. The van der Waals surface area contributed by atoms with E-state index in [2.05, 4.69) is 36.3 Å². The van der Waals surface area contributed by atoms with Crippen molar-refractivity contribution in [1.29, 1.82) is 0 Å². The molecule has 1 heterocycles. The molecular formula is C11H19N3S. The molecule has 0 aliphatic heterocycles. The van der Waals surface area contributed by atoms with Crippen LogP contribution in [0.25, 0.3) is 0 Å². The second kappa shape index (κ2) is 4.47. The van der Waals surface area contributed by atoms with Gasteiger partial charge in [-0.1, -0.05) is 32.1 Å². The lowest BCUT2D eigenvalue weighted by Crippen LogP contribution is -2.37. The van der Waals surface area contributed by atoms with Crippen LogP contribution in [0.2, 0.25) is 0 Å². The maximum absolute atomic E-state index is 4.14. The van der Waals surface area contributed by atoms with Gasteiger partial charge in [-0.05, 0) is 31.1 Å². The smallest absolute Gasteiger partial charge is 0.205 e. The van der Waals surface area contributed by atoms with Gasteiger partial charge < -0.3 is 5.32 Å². The van der Waals surface area contributed by atoms with Gasteiger partial charge in [0.15, 0.2) is 0 Å². The van der Waals surface area contributed by atoms with Gasteiger partial charge >= 0.3 is 0 Å². The Labute approximate surface area is 95.3 Å². The maximum atomic E-state index is 4.14. The van der Waals surface area contributed by atoms with Crippen molar-refractivity contribution in [3.63, 3.8) is 0 Å². The van der Waals surface area contributed by atoms with Crippen LogP contribution in [0.3, 0.4) is 0 Å². The minimum atomic E-state index is 0.634. The van der Waals surface area contributed by atoms with Crippen LogP contribution >= 0.6 is 11.3 Å². The SMILES string of the molecule is CCc1nnc(NC2CC(C(C)C)C2)s1. The van der Waals surface area contributed by atoms with Crippen LogP contribution in [0, 0.1) is 11.8 Å². The molecule has 0 saturated heterocycles. The first kappa shape index (κ1) is 10.9. The molecule has 1 fully saturated rings. The Morgan fingerprint density at radius 1 is 1.40 bits per heavy atom. The number of anilines is 1. The predicted octanol–water partition coefficient (Wildman–Crippen LogP) is 2.95. The Balaban J connectivity index is 1.79. The molecular weight excluding hydrogens is 206 g/mol. The Kier molecular flexibility index (Phi) is 3.24. The fraction of sp³-hybridized carbons (Fsp3) is 0.818. The zero-order chi connectivity index (χ0) is 10.8. The number of rotatable bonds is 4. The monoisotopic (exact) mass is 225 g/mol. The minimum Gasteiger partial charge on any atom is -0.357 e. The molecule has 1 aromatic rings. The lowest BCUT2D eigenvalue weighted by Gasteiger charge is -2.38. The minimum absolute atomic E-state index is 0.634. The van der Waals surface area contributed by atoms with Crippen molar-refractivity contribution in [2.45, 2.75) is 46.1 Å². The molecule has 0 aromatic carbocycles. The molecule has 4 heteroatoms. The molecule has 1 saturated carbocycles. The van der Waals surface area contributed by atoms with E-state index in [9.17, 15) is 0 Å². The van der Waals surface area contributed by atoms with Crippen molar-refractivity contribution < 1.29 is 0 Å². The van der Waals surface area contributed by atoms with Crippen molar-refractivity contribution in [3.05, 3.63) is 5.01 Å². The number of aromatic nitrogens is 2. The molecule has 0 amide bonds. The molecule has 1 aliphatic carbocycles. The fourth-order valence-electron chi connectivity index (χ4n) is 1.95. The summed E-state index contributed by atoms with van der Waals surface area (Å²) in [5.74, 6) is 1.73. The summed E-state index contributed by atoms with van der Waals surface area (Å²) in [6.07, 6.45) is 3.57. The molecule has 1 aliphatic rings. The van der Waals surface area contributed by atoms with Gasteiger partial charge in [-0.3, -0.25) is 0 Å². The van der Waals surface area contributed by atoms with Crippen molar-refractivity contribution in [2.24, 2.45) is 11.8 Å². The van der Waals surface area contributed by atoms with Crippen molar-refractivity contribution in [1.82, 2.24) is 10.2 Å². The molecule has 15 heavy (non-hydrogen) atoms. The average Bonchev–Trinajstić information content (AvgIpc) is 2.57. The lowest BCUT2D eigenvalue weighted by atomic mass is 9.74. The molecule has 0 atom stereocenters. The van der Waals surface area contributed by atoms with Gasteiger partial charge in [0, 0.05) is 6.04 Å².